The summed E-state index contributed by atoms with van der Waals surface area (Å²) in [5.41, 5.74) is 2.33. The zero-order valence-corrected chi connectivity index (χ0v) is 20.9. The Morgan fingerprint density at radius 1 is 1.06 bits per heavy atom. The number of ether oxygens (including phenoxy) is 2. The lowest BCUT2D eigenvalue weighted by atomic mass is 9.94. The fourth-order valence-electron chi connectivity index (χ4n) is 4.32. The molecule has 0 atom stereocenters. The maximum absolute atomic E-state index is 13.5. The summed E-state index contributed by atoms with van der Waals surface area (Å²) in [6, 6.07) is 17.7. The molecule has 0 saturated heterocycles. The highest BCUT2D eigenvalue weighted by atomic mass is 32.2. The predicted octanol–water partition coefficient (Wildman–Crippen LogP) is 4.53. The number of methoxy groups -OCH3 is 1. The number of pyridine rings is 2. The summed E-state index contributed by atoms with van der Waals surface area (Å²) in [6.45, 7) is 3.78. The smallest absolute Gasteiger partial charge is 0.283 e. The molecular weight excluding hydrogens is 478 g/mol. The summed E-state index contributed by atoms with van der Waals surface area (Å²) in [6.07, 6.45) is 3.09. The summed E-state index contributed by atoms with van der Waals surface area (Å²) < 4.78 is 40.4. The van der Waals surface area contributed by atoms with E-state index in [-0.39, 0.29) is 22.1 Å². The highest BCUT2D eigenvalue weighted by Gasteiger charge is 2.35. The average Bonchev–Trinajstić information content (AvgIpc) is 2.86. The van der Waals surface area contributed by atoms with Crippen LogP contribution in [0, 0.1) is 0 Å². The number of sulfonamides is 1. The quantitative estimate of drug-likeness (QED) is 0.426. The van der Waals surface area contributed by atoms with Crippen molar-refractivity contribution >= 4 is 26.8 Å². The first-order chi connectivity index (χ1) is 17.2. The van der Waals surface area contributed by atoms with E-state index in [0.29, 0.717) is 11.9 Å². The van der Waals surface area contributed by atoms with Crippen LogP contribution in [0.15, 0.2) is 71.8 Å². The van der Waals surface area contributed by atoms with Crippen molar-refractivity contribution in [2.45, 2.75) is 37.2 Å². The Morgan fingerprint density at radius 2 is 1.89 bits per heavy atom. The molecule has 3 heterocycles. The summed E-state index contributed by atoms with van der Waals surface area (Å²) >= 11 is 0. The summed E-state index contributed by atoms with van der Waals surface area (Å²) in [4.78, 5) is 21.7. The largest absolute Gasteiger partial charge is 0.495 e. The van der Waals surface area contributed by atoms with E-state index < -0.39 is 21.5 Å². The van der Waals surface area contributed by atoms with Crippen LogP contribution in [0.4, 0.5) is 0 Å². The average molecular weight is 504 g/mol. The molecule has 5 rings (SSSR count). The summed E-state index contributed by atoms with van der Waals surface area (Å²) in [5, 5.41) is 0.796. The lowest BCUT2D eigenvalue weighted by Gasteiger charge is -2.34. The van der Waals surface area contributed by atoms with Gasteiger partial charge in [-0.15, -0.1) is 0 Å². The minimum absolute atomic E-state index is 0.0331. The van der Waals surface area contributed by atoms with Crippen molar-refractivity contribution in [3.63, 3.8) is 0 Å². The van der Waals surface area contributed by atoms with Gasteiger partial charge in [0.25, 0.3) is 15.9 Å². The summed E-state index contributed by atoms with van der Waals surface area (Å²) in [7, 11) is -2.97. The predicted molar refractivity (Wildman–Crippen MR) is 136 cm³/mol. The van der Waals surface area contributed by atoms with Crippen LogP contribution in [-0.2, 0) is 16.4 Å². The van der Waals surface area contributed by atoms with E-state index in [1.54, 1.807) is 30.5 Å². The molecule has 184 valence electrons. The molecule has 2 aromatic heterocycles. The second-order valence-electron chi connectivity index (χ2n) is 9.17. The topological polar surface area (TPSA) is 107 Å². The molecule has 1 amide bonds. The Hall–Kier alpha value is -3.98. The van der Waals surface area contributed by atoms with Crippen LogP contribution in [0.25, 0.3) is 22.2 Å². The number of aryl methyl sites for hydroxylation is 1. The third kappa shape index (κ3) is 4.37. The number of hydrogen-bond acceptors (Lipinski definition) is 7. The molecule has 4 aromatic rings. The summed E-state index contributed by atoms with van der Waals surface area (Å²) in [5.74, 6) is -0.550. The highest BCUT2D eigenvalue weighted by Crippen LogP contribution is 2.42. The molecule has 9 heteroatoms. The third-order valence-electron chi connectivity index (χ3n) is 6.15. The van der Waals surface area contributed by atoms with Crippen molar-refractivity contribution < 1.29 is 22.7 Å². The number of benzene rings is 2. The Labute approximate surface area is 209 Å². The van der Waals surface area contributed by atoms with Crippen LogP contribution in [0.3, 0.4) is 0 Å². The molecular formula is C27H25N3O5S. The molecule has 1 N–H and O–H groups in total. The number of nitrogens with one attached hydrogen (secondary N) is 1. The van der Waals surface area contributed by atoms with E-state index >= 15 is 0 Å². The standard InChI is InChI=1S/C27H25N3O5S/c1-27(2)15-14-17-10-13-23(34-3)25(24(17)35-27)36(32,33)30-26(31)22-12-11-19-18(7-6-9-21(19)29-22)20-8-4-5-16-28-20/h4-13,16H,14-15H2,1-3H3,(H,30,31). The minimum atomic E-state index is -4.35. The second kappa shape index (κ2) is 8.91. The van der Waals surface area contributed by atoms with Crippen molar-refractivity contribution in [2.75, 3.05) is 7.11 Å². The maximum atomic E-state index is 13.5. The van der Waals surface area contributed by atoms with Gasteiger partial charge in [0.1, 0.15) is 22.8 Å². The zero-order valence-electron chi connectivity index (χ0n) is 20.1. The first-order valence-electron chi connectivity index (χ1n) is 11.5. The van der Waals surface area contributed by atoms with Crippen molar-refractivity contribution in [1.82, 2.24) is 14.7 Å². The number of amides is 1. The molecule has 8 nitrogen and oxygen atoms in total. The molecule has 0 spiro atoms. The van der Waals surface area contributed by atoms with Gasteiger partial charge in [0.15, 0.2) is 4.90 Å². The van der Waals surface area contributed by atoms with Gasteiger partial charge in [0.05, 0.1) is 18.3 Å². The van der Waals surface area contributed by atoms with Gasteiger partial charge >= 0.3 is 0 Å². The van der Waals surface area contributed by atoms with E-state index in [0.717, 1.165) is 28.6 Å². The first-order valence-corrected chi connectivity index (χ1v) is 12.9. The van der Waals surface area contributed by atoms with Gasteiger partial charge in [0, 0.05) is 17.1 Å². The highest BCUT2D eigenvalue weighted by molar-refractivity contribution is 7.90. The molecule has 36 heavy (non-hydrogen) atoms. The van der Waals surface area contributed by atoms with Crippen LogP contribution in [0.2, 0.25) is 0 Å². The first kappa shape index (κ1) is 23.7. The molecule has 2 aromatic carbocycles. The van der Waals surface area contributed by atoms with Crippen molar-refractivity contribution in [3.8, 4) is 22.8 Å². The Kier molecular flexibility index (Phi) is 5.88. The maximum Gasteiger partial charge on any atom is 0.283 e. The normalized spacial score (nSPS) is 14.5. The third-order valence-corrected chi connectivity index (χ3v) is 7.53. The van der Waals surface area contributed by atoms with Gasteiger partial charge in [-0.25, -0.2) is 18.1 Å². The minimum Gasteiger partial charge on any atom is -0.495 e. The fourth-order valence-corrected chi connectivity index (χ4v) is 5.61. The van der Waals surface area contributed by atoms with Crippen LogP contribution in [-0.4, -0.2) is 37.0 Å². The zero-order chi connectivity index (χ0) is 25.5. The Morgan fingerprint density at radius 3 is 2.64 bits per heavy atom. The molecule has 1 aliphatic rings. The molecule has 0 radical (unpaired) electrons. The number of nitrogens with zero attached hydrogens (tertiary/aromatic N) is 2. The second-order valence-corrected chi connectivity index (χ2v) is 10.8. The molecule has 0 bridgehead atoms. The number of carbonyl (C=O) groups is 1. The molecule has 0 unspecified atom stereocenters. The van der Waals surface area contributed by atoms with Crippen LogP contribution < -0.4 is 14.2 Å². The van der Waals surface area contributed by atoms with Gasteiger partial charge in [-0.3, -0.25) is 9.78 Å². The lowest BCUT2D eigenvalue weighted by Crippen LogP contribution is -2.36. The van der Waals surface area contributed by atoms with Gasteiger partial charge in [-0.05, 0) is 68.7 Å². The van der Waals surface area contributed by atoms with E-state index in [2.05, 4.69) is 14.7 Å². The van der Waals surface area contributed by atoms with E-state index in [4.69, 9.17) is 9.47 Å². The fraction of sp³-hybridized carbons (Fsp3) is 0.222. The van der Waals surface area contributed by atoms with Crippen molar-refractivity contribution in [2.24, 2.45) is 0 Å². The lowest BCUT2D eigenvalue weighted by molar-refractivity contribution is 0.0799. The monoisotopic (exact) mass is 503 g/mol. The number of aromatic nitrogens is 2. The number of fused-ring (bicyclic) bond motifs is 2. The van der Waals surface area contributed by atoms with Crippen molar-refractivity contribution in [3.05, 3.63) is 78.1 Å². The molecule has 1 aliphatic heterocycles. The van der Waals surface area contributed by atoms with Gasteiger partial charge < -0.3 is 9.47 Å². The molecule has 0 saturated carbocycles. The van der Waals surface area contributed by atoms with Crippen LogP contribution >= 0.6 is 0 Å². The van der Waals surface area contributed by atoms with Crippen LogP contribution in [0.1, 0.15) is 36.3 Å². The number of carbonyl (C=O) groups excluding carboxylic acids is 1. The van der Waals surface area contributed by atoms with Crippen LogP contribution in [0.5, 0.6) is 11.5 Å². The molecule has 0 fully saturated rings. The van der Waals surface area contributed by atoms with Gasteiger partial charge in [0.2, 0.25) is 0 Å². The van der Waals surface area contributed by atoms with E-state index in [1.165, 1.54) is 13.2 Å². The Balaban J connectivity index is 1.51. The molecule has 0 aliphatic carbocycles. The van der Waals surface area contributed by atoms with E-state index in [1.807, 2.05) is 44.2 Å². The van der Waals surface area contributed by atoms with Crippen molar-refractivity contribution in [1.29, 1.82) is 0 Å². The van der Waals surface area contributed by atoms with E-state index in [9.17, 15) is 13.2 Å². The van der Waals surface area contributed by atoms with Gasteiger partial charge in [-0.2, -0.15) is 0 Å². The Bertz CT molecular complexity index is 1580. The number of hydrogen-bond donors (Lipinski definition) is 1. The number of rotatable bonds is 5. The van der Waals surface area contributed by atoms with Gasteiger partial charge in [-0.1, -0.05) is 24.3 Å². The SMILES string of the molecule is COc1ccc2c(c1S(=O)(=O)NC(=O)c1ccc3c(-c4ccccn4)cccc3n1)OC(C)(C)CC2.